The van der Waals surface area contributed by atoms with Crippen LogP contribution in [0.2, 0.25) is 0 Å². The van der Waals surface area contributed by atoms with E-state index in [1.54, 1.807) is 14.0 Å². The fourth-order valence-electron chi connectivity index (χ4n) is 20.1. The molecule has 0 heterocycles. The van der Waals surface area contributed by atoms with Gasteiger partial charge in [0, 0.05) is 20.0 Å². The molecule has 70 heavy (non-hydrogen) atoms. The monoisotopic (exact) mass is 999 g/mol. The number of aliphatic carboxylic acids is 1. The number of rotatable bonds is 13. The number of hydrogen-bond acceptors (Lipinski definition) is 8. The maximum absolute atomic E-state index is 14.7. The first kappa shape index (κ1) is 56.2. The number of carboxylic acids is 1. The van der Waals surface area contributed by atoms with Gasteiger partial charge in [-0.1, -0.05) is 88.5 Å². The molecule has 8 rings (SSSR count). The van der Waals surface area contributed by atoms with E-state index in [0.717, 1.165) is 64.4 Å². The maximum atomic E-state index is 14.7. The normalized spacial score (nSPS) is 48.5. The highest BCUT2D eigenvalue weighted by Crippen LogP contribution is 2.73. The number of fused-ring (bicyclic) bond motifs is 10. The Balaban J connectivity index is 0.000000208. The first-order chi connectivity index (χ1) is 32.6. The van der Waals surface area contributed by atoms with E-state index in [2.05, 4.69) is 53.2 Å². The van der Waals surface area contributed by atoms with E-state index in [9.17, 15) is 42.5 Å². The van der Waals surface area contributed by atoms with Crippen molar-refractivity contribution in [3.8, 4) is 0 Å². The zero-order valence-corrected chi connectivity index (χ0v) is 44.9. The van der Waals surface area contributed by atoms with E-state index in [-0.39, 0.29) is 70.4 Å². The molecule has 0 bridgehead atoms. The van der Waals surface area contributed by atoms with Crippen molar-refractivity contribution in [2.24, 2.45) is 116 Å². The number of carboxylic acid groups (broad SMARTS) is 1. The van der Waals surface area contributed by atoms with Crippen LogP contribution in [0.5, 0.6) is 0 Å². The molecule has 0 amide bonds. The molecule has 9 nitrogen and oxygen atoms in total. The number of aliphatic hydroxyl groups is 3. The van der Waals surface area contributed by atoms with Crippen molar-refractivity contribution >= 4 is 11.9 Å². The van der Waals surface area contributed by atoms with E-state index in [1.165, 1.54) is 19.3 Å². The Hall–Kier alpha value is -1.54. The Morgan fingerprint density at radius 2 is 1.19 bits per heavy atom. The second-order valence-electron chi connectivity index (χ2n) is 26.3. The smallest absolute Gasteiger partial charge is 0.376 e. The van der Waals surface area contributed by atoms with Gasteiger partial charge >= 0.3 is 23.8 Å². The number of carbonyl (C=O) groups is 2. The number of hydrogen-bond donors (Lipinski definition) is 4. The third-order valence-electron chi connectivity index (χ3n) is 23.6. The summed E-state index contributed by atoms with van der Waals surface area (Å²) >= 11 is 0. The molecule has 0 saturated heterocycles. The van der Waals surface area contributed by atoms with Crippen molar-refractivity contribution in [2.75, 3.05) is 21.0 Å². The van der Waals surface area contributed by atoms with Gasteiger partial charge in [0.2, 0.25) is 0 Å². The molecule has 0 radical (unpaired) electrons. The summed E-state index contributed by atoms with van der Waals surface area (Å²) in [6.45, 7) is 22.4. The number of halogens is 4. The SMILES string of the molecule is CC[C@H]1[C@@H](O)C2C3CC[C@H]([C@H](C)CC(F)(F)C(=O)O)[C@@]3(C)[C@@H](O)CC2[C@@]2(C)CC[C@@H](O)C[C@@H]12.CC[C@H]1[C@@H](OCOC)C2C3CC[C@H]([C@H](C)CC(F)(F)C(=O)OC)[C@@]3(C)[C@@H](C)CC2[C@@]2(C)CC[C@@H](C)C[C@@H]12. The van der Waals surface area contributed by atoms with Crippen LogP contribution in [0.25, 0.3) is 0 Å². The van der Waals surface area contributed by atoms with Gasteiger partial charge in [0.15, 0.2) is 0 Å². The molecule has 8 saturated carbocycles. The third kappa shape index (κ3) is 9.15. The summed E-state index contributed by atoms with van der Waals surface area (Å²) in [6, 6.07) is 0. The average Bonchev–Trinajstić information content (AvgIpc) is 3.85. The lowest BCUT2D eigenvalue weighted by Gasteiger charge is -2.67. The highest BCUT2D eigenvalue weighted by atomic mass is 19.3. The van der Waals surface area contributed by atoms with Crippen LogP contribution in [0.4, 0.5) is 17.6 Å². The Labute approximate surface area is 418 Å². The number of ether oxygens (including phenoxy) is 3. The topological polar surface area (TPSA) is 143 Å². The van der Waals surface area contributed by atoms with Gasteiger partial charge in [0.1, 0.15) is 6.79 Å². The molecule has 24 atom stereocenters. The molecule has 4 N–H and O–H groups in total. The van der Waals surface area contributed by atoms with Crippen LogP contribution in [-0.4, -0.2) is 89.6 Å². The van der Waals surface area contributed by atoms with E-state index >= 15 is 0 Å². The minimum absolute atomic E-state index is 0.00275. The lowest BCUT2D eigenvalue weighted by molar-refractivity contribution is -0.241. The number of aliphatic hydroxyl groups excluding tert-OH is 3. The van der Waals surface area contributed by atoms with Gasteiger partial charge < -0.3 is 34.6 Å². The van der Waals surface area contributed by atoms with E-state index in [0.29, 0.717) is 67.0 Å². The summed E-state index contributed by atoms with van der Waals surface area (Å²) in [5.41, 5.74) is -0.426. The van der Waals surface area contributed by atoms with Crippen LogP contribution < -0.4 is 0 Å². The number of alkyl halides is 4. The molecule has 0 aromatic carbocycles. The quantitative estimate of drug-likeness (QED) is 0.0806. The van der Waals surface area contributed by atoms with Gasteiger partial charge in [-0.3, -0.25) is 0 Å². The molecule has 8 fully saturated rings. The van der Waals surface area contributed by atoms with Gasteiger partial charge in [0.25, 0.3) is 0 Å². The molecule has 0 spiro atoms. The standard InChI is InChI=1S/C31H52F2O4.C26H42F2O5/c1-9-21-24-14-18(2)12-13-29(24,5)25-15-20(4)30(6)22(19(3)16-31(32,33)28(34)36-8)10-11-23(30)26(25)27(21)37-17-35-7;1-5-15-18-10-14(29)8-9-24(18,3)19-11-20(30)25(4)16(6-7-17(25)21(19)22(15)31)13(2)12-26(27,28)23(32)33/h18-27H,9-17H2,1-8H3;13-22,29-31H,5-12H2,1-4H3,(H,32,33)/t18-,19-,20+,21-,22-,23?,24+,25?,26?,27-,29+,30-;13-,14-,15-,16-,17?,18+,19?,20+,21?,22-,24+,25-/m11/s1. The second kappa shape index (κ2) is 20.5. The summed E-state index contributed by atoms with van der Waals surface area (Å²) in [6.07, 6.45) is 10.7. The van der Waals surface area contributed by atoms with Crippen LogP contribution in [0, 0.1) is 116 Å². The van der Waals surface area contributed by atoms with Crippen molar-refractivity contribution in [1.82, 2.24) is 0 Å². The average molecular weight is 999 g/mol. The minimum Gasteiger partial charge on any atom is -0.477 e. The molecule has 404 valence electrons. The molecule has 13 heteroatoms. The molecular formula is C57H94F4O9. The highest BCUT2D eigenvalue weighted by molar-refractivity contribution is 5.77. The van der Waals surface area contributed by atoms with Crippen molar-refractivity contribution in [1.29, 1.82) is 0 Å². The fourth-order valence-corrected chi connectivity index (χ4v) is 20.1. The summed E-state index contributed by atoms with van der Waals surface area (Å²) < 4.78 is 74.1. The molecule has 8 aliphatic carbocycles. The number of carbonyl (C=O) groups excluding carboxylic acids is 1. The Kier molecular flexibility index (Phi) is 16.5. The molecule has 0 aromatic rings. The molecule has 6 unspecified atom stereocenters. The summed E-state index contributed by atoms with van der Waals surface area (Å²) in [4.78, 5) is 22.8. The van der Waals surface area contributed by atoms with E-state index in [4.69, 9.17) is 14.6 Å². The minimum atomic E-state index is -3.78. The van der Waals surface area contributed by atoms with Crippen LogP contribution in [0.3, 0.4) is 0 Å². The van der Waals surface area contributed by atoms with Crippen molar-refractivity contribution < 1.29 is 61.8 Å². The Bertz CT molecular complexity index is 1840. The van der Waals surface area contributed by atoms with E-state index in [1.807, 2.05) is 13.8 Å². The zero-order chi connectivity index (χ0) is 51.8. The third-order valence-corrected chi connectivity index (χ3v) is 23.6. The van der Waals surface area contributed by atoms with Crippen molar-refractivity contribution in [3.63, 3.8) is 0 Å². The highest BCUT2D eigenvalue weighted by Gasteiger charge is 2.69. The summed E-state index contributed by atoms with van der Waals surface area (Å²) in [5.74, 6) is -7.32. The lowest BCUT2D eigenvalue weighted by atomic mass is 9.39. The largest absolute Gasteiger partial charge is 0.477 e. The van der Waals surface area contributed by atoms with Gasteiger partial charge in [-0.2, -0.15) is 17.6 Å². The number of methoxy groups -OCH3 is 2. The summed E-state index contributed by atoms with van der Waals surface area (Å²) in [5, 5.41) is 42.5. The van der Waals surface area contributed by atoms with Crippen LogP contribution in [0.1, 0.15) is 172 Å². The molecular weight excluding hydrogens is 905 g/mol. The molecule has 0 aliphatic heterocycles. The Morgan fingerprint density at radius 1 is 0.657 bits per heavy atom. The first-order valence-electron chi connectivity index (χ1n) is 27.9. The van der Waals surface area contributed by atoms with Gasteiger partial charge in [-0.25, -0.2) is 9.59 Å². The van der Waals surface area contributed by atoms with Crippen LogP contribution in [0.15, 0.2) is 0 Å². The predicted octanol–water partition coefficient (Wildman–Crippen LogP) is 11.9. The molecule has 0 aromatic heterocycles. The predicted molar refractivity (Wildman–Crippen MR) is 260 cm³/mol. The fraction of sp³-hybridized carbons (Fsp3) is 0.965. The van der Waals surface area contributed by atoms with Gasteiger partial charge in [0.05, 0.1) is 31.5 Å². The summed E-state index contributed by atoms with van der Waals surface area (Å²) in [7, 11) is 2.75. The van der Waals surface area contributed by atoms with Crippen LogP contribution >= 0.6 is 0 Å². The van der Waals surface area contributed by atoms with Crippen LogP contribution in [-0.2, 0) is 23.8 Å². The number of esters is 1. The second-order valence-corrected chi connectivity index (χ2v) is 26.3. The van der Waals surface area contributed by atoms with E-state index < -0.39 is 60.2 Å². The molecule has 8 aliphatic rings. The van der Waals surface area contributed by atoms with Gasteiger partial charge in [-0.05, 0) is 187 Å². The van der Waals surface area contributed by atoms with Crippen molar-refractivity contribution in [3.05, 3.63) is 0 Å². The van der Waals surface area contributed by atoms with Gasteiger partial charge in [-0.15, -0.1) is 0 Å². The first-order valence-corrected chi connectivity index (χ1v) is 27.9. The van der Waals surface area contributed by atoms with Crippen molar-refractivity contribution in [2.45, 2.75) is 208 Å². The maximum Gasteiger partial charge on any atom is 0.376 e. The Morgan fingerprint density at radius 3 is 1.74 bits per heavy atom. The zero-order valence-electron chi connectivity index (χ0n) is 44.9. The lowest BCUT2D eigenvalue weighted by Crippen LogP contribution is -2.65.